The smallest absolute Gasteiger partial charge is 0.245 e. The van der Waals surface area contributed by atoms with Crippen molar-refractivity contribution >= 4 is 23.2 Å². The fourth-order valence-electron chi connectivity index (χ4n) is 4.61. The van der Waals surface area contributed by atoms with Gasteiger partial charge in [0.05, 0.1) is 37.8 Å². The number of anilines is 2. The first-order valence-corrected chi connectivity index (χ1v) is 11.3. The van der Waals surface area contributed by atoms with E-state index in [1.165, 1.54) is 7.11 Å². The minimum atomic E-state index is -0.419. The molecule has 2 amide bonds. The van der Waals surface area contributed by atoms with E-state index in [0.717, 1.165) is 17.8 Å². The van der Waals surface area contributed by atoms with E-state index in [2.05, 4.69) is 16.4 Å². The maximum atomic E-state index is 12.7. The standard InChI is InChI=1S/C24H25N5O5/c1-32-23-15(12-25)10-16(13-26-23)29-8-9-33-21-4-2-17(11-20(21)29)34-18-6-7-28(14-18)24(31)19-3-5-22(30)27-19/h2,4,10-11,13,18-19H,3,5-9,14H2,1H3,(H,27,30)/t18-,19?/m0/s1. The molecule has 0 radical (unpaired) electrons. The van der Waals surface area contributed by atoms with Gasteiger partial charge in [-0.2, -0.15) is 5.26 Å². The van der Waals surface area contributed by atoms with Gasteiger partial charge in [-0.05, 0) is 24.6 Å². The molecule has 176 valence electrons. The highest BCUT2D eigenvalue weighted by Gasteiger charge is 2.35. The molecule has 3 aliphatic rings. The third-order valence-corrected chi connectivity index (χ3v) is 6.31. The van der Waals surface area contributed by atoms with E-state index < -0.39 is 6.04 Å². The van der Waals surface area contributed by atoms with Gasteiger partial charge in [0.25, 0.3) is 0 Å². The summed E-state index contributed by atoms with van der Waals surface area (Å²) in [6.45, 7) is 2.17. The summed E-state index contributed by atoms with van der Waals surface area (Å²) >= 11 is 0. The van der Waals surface area contributed by atoms with Crippen LogP contribution in [0.3, 0.4) is 0 Å². The Balaban J connectivity index is 1.31. The number of hydrogen-bond acceptors (Lipinski definition) is 8. The highest BCUT2D eigenvalue weighted by atomic mass is 16.5. The number of likely N-dealkylation sites (tertiary alicyclic amines) is 1. The third kappa shape index (κ3) is 4.17. The van der Waals surface area contributed by atoms with Gasteiger partial charge in [0.15, 0.2) is 0 Å². The molecule has 1 unspecified atom stereocenters. The number of nitrogens with one attached hydrogen (secondary N) is 1. The lowest BCUT2D eigenvalue weighted by molar-refractivity contribution is -0.133. The Morgan fingerprint density at radius 1 is 1.29 bits per heavy atom. The van der Waals surface area contributed by atoms with Gasteiger partial charge in [-0.1, -0.05) is 0 Å². The van der Waals surface area contributed by atoms with Gasteiger partial charge in [-0.25, -0.2) is 4.98 Å². The lowest BCUT2D eigenvalue weighted by Crippen LogP contribution is -2.44. The number of pyridine rings is 1. The fraction of sp³-hybridized carbons (Fsp3) is 0.417. The van der Waals surface area contributed by atoms with E-state index in [0.29, 0.717) is 56.1 Å². The van der Waals surface area contributed by atoms with Crippen LogP contribution in [-0.2, 0) is 9.59 Å². The number of carbonyl (C=O) groups is 2. The zero-order valence-corrected chi connectivity index (χ0v) is 18.8. The van der Waals surface area contributed by atoms with E-state index in [1.807, 2.05) is 23.1 Å². The van der Waals surface area contributed by atoms with E-state index in [-0.39, 0.29) is 23.8 Å². The van der Waals surface area contributed by atoms with Crippen molar-refractivity contribution in [3.05, 3.63) is 36.0 Å². The average molecular weight is 463 g/mol. The first kappa shape index (κ1) is 21.8. The van der Waals surface area contributed by atoms with Crippen LogP contribution in [-0.4, -0.2) is 67.2 Å². The van der Waals surface area contributed by atoms with Crippen molar-refractivity contribution < 1.29 is 23.8 Å². The summed E-state index contributed by atoms with van der Waals surface area (Å²) in [5.74, 6) is 1.56. The Labute approximate surface area is 197 Å². The zero-order chi connectivity index (χ0) is 23.7. The number of aromatic nitrogens is 1. The lowest BCUT2D eigenvalue weighted by atomic mass is 10.2. The van der Waals surface area contributed by atoms with Gasteiger partial charge in [0.2, 0.25) is 17.7 Å². The number of nitriles is 1. The highest BCUT2D eigenvalue weighted by Crippen LogP contribution is 2.40. The van der Waals surface area contributed by atoms with Gasteiger partial charge in [0, 0.05) is 25.5 Å². The van der Waals surface area contributed by atoms with Crippen molar-refractivity contribution in [2.24, 2.45) is 0 Å². The van der Waals surface area contributed by atoms with Crippen LogP contribution in [0, 0.1) is 11.3 Å². The molecule has 10 heteroatoms. The number of methoxy groups -OCH3 is 1. The van der Waals surface area contributed by atoms with Crippen LogP contribution in [0.2, 0.25) is 0 Å². The average Bonchev–Trinajstić information content (AvgIpc) is 3.52. The van der Waals surface area contributed by atoms with Crippen LogP contribution < -0.4 is 24.4 Å². The molecule has 3 aliphatic heterocycles. The first-order chi connectivity index (χ1) is 16.6. The van der Waals surface area contributed by atoms with Crippen molar-refractivity contribution in [3.63, 3.8) is 0 Å². The summed E-state index contributed by atoms with van der Waals surface area (Å²) in [4.78, 5) is 32.2. The Morgan fingerprint density at radius 3 is 2.94 bits per heavy atom. The molecule has 2 fully saturated rings. The Hall–Kier alpha value is -4.00. The molecule has 34 heavy (non-hydrogen) atoms. The summed E-state index contributed by atoms with van der Waals surface area (Å²) in [6.07, 6.45) is 3.21. The first-order valence-electron chi connectivity index (χ1n) is 11.3. The minimum absolute atomic E-state index is 0.0396. The maximum Gasteiger partial charge on any atom is 0.245 e. The van der Waals surface area contributed by atoms with Crippen LogP contribution in [0.1, 0.15) is 24.8 Å². The van der Waals surface area contributed by atoms with Crippen LogP contribution in [0.4, 0.5) is 11.4 Å². The monoisotopic (exact) mass is 463 g/mol. The summed E-state index contributed by atoms with van der Waals surface area (Å²) < 4.78 is 17.2. The second kappa shape index (κ2) is 9.09. The molecule has 1 aromatic carbocycles. The molecular formula is C24H25N5O5. The molecular weight excluding hydrogens is 438 g/mol. The number of benzene rings is 1. The molecule has 2 saturated heterocycles. The topological polar surface area (TPSA) is 117 Å². The van der Waals surface area contributed by atoms with Crippen molar-refractivity contribution in [2.75, 3.05) is 38.3 Å². The van der Waals surface area contributed by atoms with E-state index >= 15 is 0 Å². The summed E-state index contributed by atoms with van der Waals surface area (Å²) in [6, 6.07) is 9.08. The largest absolute Gasteiger partial charge is 0.490 e. The predicted molar refractivity (Wildman–Crippen MR) is 121 cm³/mol. The van der Waals surface area contributed by atoms with Gasteiger partial charge < -0.3 is 29.3 Å². The highest BCUT2D eigenvalue weighted by molar-refractivity contribution is 5.91. The van der Waals surface area contributed by atoms with Crippen molar-refractivity contribution in [1.82, 2.24) is 15.2 Å². The maximum absolute atomic E-state index is 12.7. The lowest BCUT2D eigenvalue weighted by Gasteiger charge is -2.31. The number of fused-ring (bicyclic) bond motifs is 1. The fourth-order valence-corrected chi connectivity index (χ4v) is 4.61. The van der Waals surface area contributed by atoms with Crippen molar-refractivity contribution in [3.8, 4) is 23.4 Å². The molecule has 0 bridgehead atoms. The second-order valence-electron chi connectivity index (χ2n) is 8.46. The normalized spacial score (nSPS) is 21.4. The number of rotatable bonds is 5. The van der Waals surface area contributed by atoms with Crippen LogP contribution in [0.25, 0.3) is 0 Å². The molecule has 10 nitrogen and oxygen atoms in total. The van der Waals surface area contributed by atoms with Crippen LogP contribution >= 0.6 is 0 Å². The molecule has 1 N–H and O–H groups in total. The number of carbonyl (C=O) groups excluding carboxylic acids is 2. The molecule has 0 aliphatic carbocycles. The summed E-state index contributed by atoms with van der Waals surface area (Å²) in [5, 5.41) is 12.2. The predicted octanol–water partition coefficient (Wildman–Crippen LogP) is 1.75. The van der Waals surface area contributed by atoms with Gasteiger partial charge in [-0.15, -0.1) is 0 Å². The molecule has 2 atom stereocenters. The molecule has 0 spiro atoms. The van der Waals surface area contributed by atoms with Crippen molar-refractivity contribution in [1.29, 1.82) is 5.26 Å². The van der Waals surface area contributed by atoms with E-state index in [9.17, 15) is 14.9 Å². The molecule has 2 aromatic rings. The summed E-state index contributed by atoms with van der Waals surface area (Å²) in [7, 11) is 1.48. The van der Waals surface area contributed by atoms with Gasteiger partial charge in [-0.3, -0.25) is 9.59 Å². The molecule has 4 heterocycles. The van der Waals surface area contributed by atoms with Gasteiger partial charge in [0.1, 0.15) is 41.9 Å². The SMILES string of the molecule is COc1ncc(N2CCOc3ccc(O[C@H]4CCN(C(=O)C5CCC(=O)N5)C4)cc32)cc1C#N. The number of nitrogens with zero attached hydrogens (tertiary/aromatic N) is 4. The Morgan fingerprint density at radius 2 is 2.18 bits per heavy atom. The quantitative estimate of drug-likeness (QED) is 0.713. The Bertz CT molecular complexity index is 1160. The minimum Gasteiger partial charge on any atom is -0.490 e. The summed E-state index contributed by atoms with van der Waals surface area (Å²) in [5.41, 5.74) is 1.93. The molecule has 0 saturated carbocycles. The number of ether oxygens (including phenoxy) is 3. The van der Waals surface area contributed by atoms with Crippen LogP contribution in [0.5, 0.6) is 17.4 Å². The molecule has 1 aromatic heterocycles. The zero-order valence-electron chi connectivity index (χ0n) is 18.8. The van der Waals surface area contributed by atoms with E-state index in [4.69, 9.17) is 14.2 Å². The number of amides is 2. The van der Waals surface area contributed by atoms with E-state index in [1.54, 1.807) is 17.2 Å². The Kier molecular flexibility index (Phi) is 5.84. The molecule has 5 rings (SSSR count). The second-order valence-corrected chi connectivity index (χ2v) is 8.46. The van der Waals surface area contributed by atoms with Crippen molar-refractivity contribution in [2.45, 2.75) is 31.4 Å². The van der Waals surface area contributed by atoms with Gasteiger partial charge >= 0.3 is 0 Å². The number of hydrogen-bond donors (Lipinski definition) is 1. The third-order valence-electron chi connectivity index (χ3n) is 6.31. The van der Waals surface area contributed by atoms with Crippen LogP contribution in [0.15, 0.2) is 30.5 Å².